The van der Waals surface area contributed by atoms with E-state index in [4.69, 9.17) is 23.2 Å². The molecule has 0 saturated heterocycles. The minimum atomic E-state index is -0.279. The topological polar surface area (TPSA) is 41.1 Å². The first-order chi connectivity index (χ1) is 7.52. The summed E-state index contributed by atoms with van der Waals surface area (Å²) in [6.07, 6.45) is 0.872. The molecule has 0 heterocycles. The van der Waals surface area contributed by atoms with Gasteiger partial charge in [-0.15, -0.1) is 0 Å². The second kappa shape index (κ2) is 5.97. The maximum absolute atomic E-state index is 11.5. The van der Waals surface area contributed by atoms with Gasteiger partial charge in [-0.3, -0.25) is 0 Å². The Morgan fingerprint density at radius 3 is 2.75 bits per heavy atom. The second-order valence-electron chi connectivity index (χ2n) is 3.53. The molecular weight excluding hydrogens is 247 g/mol. The van der Waals surface area contributed by atoms with Crippen molar-refractivity contribution in [1.82, 2.24) is 5.32 Å². The zero-order valence-electron chi connectivity index (χ0n) is 9.18. The number of carbonyl (C=O) groups is 1. The molecule has 0 aromatic heterocycles. The molecule has 0 aliphatic heterocycles. The van der Waals surface area contributed by atoms with Gasteiger partial charge < -0.3 is 10.6 Å². The van der Waals surface area contributed by atoms with Crippen LogP contribution in [0.4, 0.5) is 10.5 Å². The Kier molecular flexibility index (Phi) is 4.90. The molecule has 1 aromatic rings. The lowest BCUT2D eigenvalue weighted by atomic mass is 10.3. The van der Waals surface area contributed by atoms with Crippen LogP contribution in [0.2, 0.25) is 10.0 Å². The van der Waals surface area contributed by atoms with Crippen LogP contribution in [0.5, 0.6) is 0 Å². The zero-order chi connectivity index (χ0) is 12.1. The monoisotopic (exact) mass is 260 g/mol. The van der Waals surface area contributed by atoms with Gasteiger partial charge in [0.05, 0.1) is 10.7 Å². The van der Waals surface area contributed by atoms with E-state index < -0.39 is 0 Å². The van der Waals surface area contributed by atoms with Gasteiger partial charge in [0, 0.05) is 11.1 Å². The summed E-state index contributed by atoms with van der Waals surface area (Å²) in [5.41, 5.74) is 0.509. The number of nitrogens with one attached hydrogen (secondary N) is 2. The molecule has 3 nitrogen and oxygen atoms in total. The normalized spacial score (nSPS) is 12.0. The van der Waals surface area contributed by atoms with Gasteiger partial charge in [0.1, 0.15) is 0 Å². The van der Waals surface area contributed by atoms with E-state index in [0.717, 1.165) is 6.42 Å². The molecule has 0 radical (unpaired) electrons. The molecule has 0 spiro atoms. The lowest BCUT2D eigenvalue weighted by Gasteiger charge is -2.13. The number of benzene rings is 1. The first kappa shape index (κ1) is 13.1. The predicted octanol–water partition coefficient (Wildman–Crippen LogP) is 3.91. The van der Waals surface area contributed by atoms with E-state index in [9.17, 15) is 4.79 Å². The minimum absolute atomic E-state index is 0.123. The van der Waals surface area contributed by atoms with Crippen LogP contribution in [-0.2, 0) is 0 Å². The van der Waals surface area contributed by atoms with Crippen LogP contribution in [0.1, 0.15) is 20.3 Å². The van der Waals surface area contributed by atoms with E-state index in [-0.39, 0.29) is 12.1 Å². The third-order valence-corrected chi connectivity index (χ3v) is 2.73. The van der Waals surface area contributed by atoms with Crippen LogP contribution < -0.4 is 10.6 Å². The molecule has 0 fully saturated rings. The number of halogens is 2. The molecule has 0 bridgehead atoms. The quantitative estimate of drug-likeness (QED) is 0.850. The molecule has 1 unspecified atom stereocenters. The lowest BCUT2D eigenvalue weighted by Crippen LogP contribution is -2.35. The molecule has 5 heteroatoms. The van der Waals surface area contributed by atoms with Gasteiger partial charge in [-0.25, -0.2) is 4.79 Å². The van der Waals surface area contributed by atoms with Crippen LogP contribution in [0.25, 0.3) is 0 Å². The van der Waals surface area contributed by atoms with E-state index in [2.05, 4.69) is 10.6 Å². The number of anilines is 1. The van der Waals surface area contributed by atoms with Crippen LogP contribution in [0, 0.1) is 0 Å². The summed E-state index contributed by atoms with van der Waals surface area (Å²) in [6.45, 7) is 3.93. The highest BCUT2D eigenvalue weighted by atomic mass is 35.5. The first-order valence-electron chi connectivity index (χ1n) is 5.05. The Labute approximate surface area is 105 Å². The third kappa shape index (κ3) is 3.91. The van der Waals surface area contributed by atoms with Gasteiger partial charge in [-0.1, -0.05) is 30.1 Å². The van der Waals surface area contributed by atoms with E-state index >= 15 is 0 Å². The number of urea groups is 1. The largest absolute Gasteiger partial charge is 0.335 e. The average molecular weight is 261 g/mol. The molecule has 1 rings (SSSR count). The molecule has 2 amide bonds. The highest BCUT2D eigenvalue weighted by molar-refractivity contribution is 6.35. The maximum atomic E-state index is 11.5. The number of rotatable bonds is 3. The molecule has 88 valence electrons. The smallest absolute Gasteiger partial charge is 0.319 e. The van der Waals surface area contributed by atoms with Crippen molar-refractivity contribution in [1.29, 1.82) is 0 Å². The highest BCUT2D eigenvalue weighted by Crippen LogP contribution is 2.25. The number of hydrogen-bond acceptors (Lipinski definition) is 1. The number of amides is 2. The molecule has 0 aliphatic carbocycles. The SMILES string of the molecule is CCC(C)NC(=O)Nc1cc(Cl)ccc1Cl. The van der Waals surface area contributed by atoms with Crippen LogP contribution in [0.3, 0.4) is 0 Å². The lowest BCUT2D eigenvalue weighted by molar-refractivity contribution is 0.249. The standard InChI is InChI=1S/C11H14Cl2N2O/c1-3-7(2)14-11(16)15-10-6-8(12)4-5-9(10)13/h4-7H,3H2,1-2H3,(H2,14,15,16). The van der Waals surface area contributed by atoms with E-state index in [1.54, 1.807) is 18.2 Å². The maximum Gasteiger partial charge on any atom is 0.319 e. The Hall–Kier alpha value is -0.930. The molecule has 1 atom stereocenters. The summed E-state index contributed by atoms with van der Waals surface area (Å²) in [6, 6.07) is 4.77. The van der Waals surface area contributed by atoms with Crippen molar-refractivity contribution in [3.8, 4) is 0 Å². The van der Waals surface area contributed by atoms with Crippen LogP contribution in [0.15, 0.2) is 18.2 Å². The van der Waals surface area contributed by atoms with Gasteiger partial charge in [-0.2, -0.15) is 0 Å². The summed E-state index contributed by atoms with van der Waals surface area (Å²) >= 11 is 11.7. The summed E-state index contributed by atoms with van der Waals surface area (Å²) in [7, 11) is 0. The number of hydrogen-bond donors (Lipinski definition) is 2. The van der Waals surface area contributed by atoms with Crippen LogP contribution in [-0.4, -0.2) is 12.1 Å². The van der Waals surface area contributed by atoms with Crippen molar-refractivity contribution in [2.75, 3.05) is 5.32 Å². The summed E-state index contributed by atoms with van der Waals surface area (Å²) < 4.78 is 0. The van der Waals surface area contributed by atoms with Gasteiger partial charge in [-0.05, 0) is 31.5 Å². The molecule has 1 aromatic carbocycles. The Morgan fingerprint density at radius 2 is 2.12 bits per heavy atom. The predicted molar refractivity (Wildman–Crippen MR) is 68.4 cm³/mol. The molecular formula is C11H14Cl2N2O. The van der Waals surface area contributed by atoms with Crippen LogP contribution >= 0.6 is 23.2 Å². The van der Waals surface area contributed by atoms with Gasteiger partial charge in [0.15, 0.2) is 0 Å². The summed E-state index contributed by atoms with van der Waals surface area (Å²) in [5.74, 6) is 0. The van der Waals surface area contributed by atoms with E-state index in [1.165, 1.54) is 0 Å². The van der Waals surface area contributed by atoms with E-state index in [0.29, 0.717) is 15.7 Å². The Morgan fingerprint density at radius 1 is 1.44 bits per heavy atom. The third-order valence-electron chi connectivity index (χ3n) is 2.17. The van der Waals surface area contributed by atoms with Crippen molar-refractivity contribution in [2.24, 2.45) is 0 Å². The zero-order valence-corrected chi connectivity index (χ0v) is 10.7. The fourth-order valence-electron chi connectivity index (χ4n) is 1.08. The molecule has 16 heavy (non-hydrogen) atoms. The van der Waals surface area contributed by atoms with Crippen molar-refractivity contribution < 1.29 is 4.79 Å². The Bertz CT molecular complexity index is 382. The van der Waals surface area contributed by atoms with Gasteiger partial charge >= 0.3 is 6.03 Å². The number of carbonyl (C=O) groups excluding carboxylic acids is 1. The minimum Gasteiger partial charge on any atom is -0.335 e. The summed E-state index contributed by atoms with van der Waals surface area (Å²) in [5, 5.41) is 6.42. The first-order valence-corrected chi connectivity index (χ1v) is 5.81. The average Bonchev–Trinajstić information content (AvgIpc) is 2.23. The van der Waals surface area contributed by atoms with E-state index in [1.807, 2.05) is 13.8 Å². The molecule has 0 saturated carbocycles. The summed E-state index contributed by atoms with van der Waals surface area (Å²) in [4.78, 5) is 11.5. The fourth-order valence-corrected chi connectivity index (χ4v) is 1.41. The molecule has 0 aliphatic rings. The van der Waals surface area contributed by atoms with Crippen molar-refractivity contribution >= 4 is 34.9 Å². The van der Waals surface area contributed by atoms with Gasteiger partial charge in [0.25, 0.3) is 0 Å². The van der Waals surface area contributed by atoms with Crippen molar-refractivity contribution in [3.63, 3.8) is 0 Å². The second-order valence-corrected chi connectivity index (χ2v) is 4.38. The molecule has 2 N–H and O–H groups in total. The van der Waals surface area contributed by atoms with Gasteiger partial charge in [0.2, 0.25) is 0 Å². The highest BCUT2D eigenvalue weighted by Gasteiger charge is 2.08. The van der Waals surface area contributed by atoms with Crippen molar-refractivity contribution in [2.45, 2.75) is 26.3 Å². The fraction of sp³-hybridized carbons (Fsp3) is 0.364. The van der Waals surface area contributed by atoms with Crippen molar-refractivity contribution in [3.05, 3.63) is 28.2 Å². The Balaban J connectivity index is 2.65.